The van der Waals surface area contributed by atoms with Crippen LogP contribution >= 0.6 is 0 Å². The molecule has 1 rings (SSSR count). The summed E-state index contributed by atoms with van der Waals surface area (Å²) in [4.78, 5) is 22.4. The Labute approximate surface area is 148 Å². The van der Waals surface area contributed by atoms with E-state index in [4.69, 9.17) is 19.7 Å². The molecule has 0 aromatic heterocycles. The maximum atomic E-state index is 14.4. The lowest BCUT2D eigenvalue weighted by atomic mass is 9.98. The molecule has 0 spiro atoms. The number of rotatable bonds is 9. The highest BCUT2D eigenvalue weighted by molar-refractivity contribution is 5.77. The molecule has 0 aromatic carbocycles. The highest BCUT2D eigenvalue weighted by Gasteiger charge is 2.47. The molecule has 152 valence electrons. The first-order valence-corrected chi connectivity index (χ1v) is 7.79. The van der Waals surface area contributed by atoms with Gasteiger partial charge in [0, 0.05) is 6.92 Å². The molecule has 1 saturated heterocycles. The Hall–Kier alpha value is -1.25. The molecule has 1 fully saturated rings. The van der Waals surface area contributed by atoms with Crippen molar-refractivity contribution in [2.75, 3.05) is 13.2 Å². The summed E-state index contributed by atoms with van der Waals surface area (Å²) < 4.78 is 24.6. The van der Waals surface area contributed by atoms with Gasteiger partial charge in [-0.25, -0.2) is 4.39 Å². The van der Waals surface area contributed by atoms with Crippen molar-refractivity contribution >= 4 is 12.2 Å². The zero-order valence-corrected chi connectivity index (χ0v) is 13.9. The van der Waals surface area contributed by atoms with E-state index >= 15 is 0 Å². The Morgan fingerprint density at radius 1 is 1.27 bits per heavy atom. The average molecular weight is 385 g/mol. The smallest absolute Gasteiger partial charge is 0.217 e. The molecule has 26 heavy (non-hydrogen) atoms. The summed E-state index contributed by atoms with van der Waals surface area (Å²) in [6.07, 6.45) is -14.7. The van der Waals surface area contributed by atoms with Crippen molar-refractivity contribution in [3.63, 3.8) is 0 Å². The molecule has 0 aliphatic carbocycles. The number of ether oxygens (including phenoxy) is 2. The molecule has 0 bridgehead atoms. The molecule has 0 saturated carbocycles. The molecule has 0 unspecified atom stereocenters. The van der Waals surface area contributed by atoms with Gasteiger partial charge in [-0.1, -0.05) is 0 Å². The van der Waals surface area contributed by atoms with E-state index in [1.807, 2.05) is 0 Å². The van der Waals surface area contributed by atoms with Gasteiger partial charge in [0.25, 0.3) is 0 Å². The van der Waals surface area contributed by atoms with Gasteiger partial charge in [-0.3, -0.25) is 4.79 Å². The Bertz CT molecular complexity index is 467. The fourth-order valence-electron chi connectivity index (χ4n) is 2.44. The molecule has 7 N–H and O–H groups in total. The molecule has 1 amide bonds. The number of nitrogens with one attached hydrogen (secondary N) is 1. The van der Waals surface area contributed by atoms with Crippen molar-refractivity contribution in [1.82, 2.24) is 5.32 Å². The fraction of sp³-hybridized carbons (Fsp3) is 0.857. The average Bonchev–Trinajstić information content (AvgIpc) is 2.62. The SMILES string of the molecule is CC(=O)N[C@@H](C=O)[C@@H](O[C@@H]1O[C@H](CO)[C@H](O)[C@H](O)[C@H]1O)[C@H](F)[C@H](O)CO. The van der Waals surface area contributed by atoms with Crippen molar-refractivity contribution in [2.45, 2.75) is 62.1 Å². The van der Waals surface area contributed by atoms with E-state index < -0.39 is 74.2 Å². The van der Waals surface area contributed by atoms with Crippen LogP contribution in [0, 0.1) is 0 Å². The lowest BCUT2D eigenvalue weighted by molar-refractivity contribution is -0.318. The third-order valence-corrected chi connectivity index (χ3v) is 3.88. The maximum Gasteiger partial charge on any atom is 0.217 e. The number of carbonyl (C=O) groups excluding carboxylic acids is 2. The number of aliphatic hydroxyl groups is 6. The number of hydrogen-bond donors (Lipinski definition) is 7. The van der Waals surface area contributed by atoms with Crippen LogP contribution in [-0.4, -0.2) is 111 Å². The van der Waals surface area contributed by atoms with E-state index in [0.717, 1.165) is 6.92 Å². The number of aldehydes is 1. The van der Waals surface area contributed by atoms with Gasteiger partial charge < -0.3 is 50.2 Å². The van der Waals surface area contributed by atoms with Crippen LogP contribution in [0.2, 0.25) is 0 Å². The number of carbonyl (C=O) groups is 2. The third-order valence-electron chi connectivity index (χ3n) is 3.88. The number of aliphatic hydroxyl groups excluding tert-OH is 6. The summed E-state index contributed by atoms with van der Waals surface area (Å²) in [6.45, 7) is -0.755. The summed E-state index contributed by atoms with van der Waals surface area (Å²) in [5, 5.41) is 59.0. The first-order valence-electron chi connectivity index (χ1n) is 7.79. The minimum Gasteiger partial charge on any atom is -0.394 e. The van der Waals surface area contributed by atoms with E-state index in [0.29, 0.717) is 0 Å². The van der Waals surface area contributed by atoms with E-state index in [1.54, 1.807) is 0 Å². The first-order chi connectivity index (χ1) is 12.2. The van der Waals surface area contributed by atoms with Crippen LogP contribution in [-0.2, 0) is 19.1 Å². The molecule has 0 aromatic rings. The minimum absolute atomic E-state index is 0.118. The van der Waals surface area contributed by atoms with Crippen LogP contribution in [0.3, 0.4) is 0 Å². The van der Waals surface area contributed by atoms with E-state index in [1.165, 1.54) is 0 Å². The van der Waals surface area contributed by atoms with E-state index in [9.17, 15) is 34.4 Å². The maximum absolute atomic E-state index is 14.4. The second-order valence-electron chi connectivity index (χ2n) is 5.85. The van der Waals surface area contributed by atoms with Crippen molar-refractivity contribution in [3.8, 4) is 0 Å². The van der Waals surface area contributed by atoms with Gasteiger partial charge in [0.05, 0.1) is 13.2 Å². The van der Waals surface area contributed by atoms with Gasteiger partial charge in [-0.05, 0) is 0 Å². The predicted molar refractivity (Wildman–Crippen MR) is 80.3 cm³/mol. The van der Waals surface area contributed by atoms with Crippen molar-refractivity contribution < 1.29 is 54.1 Å². The van der Waals surface area contributed by atoms with Gasteiger partial charge in [-0.2, -0.15) is 0 Å². The zero-order chi connectivity index (χ0) is 20.0. The largest absolute Gasteiger partial charge is 0.394 e. The summed E-state index contributed by atoms with van der Waals surface area (Å²) in [5.41, 5.74) is 0. The molecule has 1 aliphatic heterocycles. The van der Waals surface area contributed by atoms with Crippen LogP contribution in [0.1, 0.15) is 6.92 Å². The van der Waals surface area contributed by atoms with Gasteiger partial charge in [-0.15, -0.1) is 0 Å². The summed E-state index contributed by atoms with van der Waals surface area (Å²) in [6, 6.07) is -1.63. The standard InChI is InChI=1S/C14H24FNO10/c1-5(20)16-6(2-17)13(9(15)7(21)3-18)26-14-12(24)11(23)10(22)8(4-19)25-14/h2,6-14,18-19,21-24H,3-4H2,1H3,(H,16,20)/t6-,7+,8+,9+,10-,11-,12+,13+,14-/m0/s1. The van der Waals surface area contributed by atoms with Crippen molar-refractivity contribution in [3.05, 3.63) is 0 Å². The number of amides is 1. The van der Waals surface area contributed by atoms with Crippen molar-refractivity contribution in [2.24, 2.45) is 0 Å². The van der Waals surface area contributed by atoms with Crippen LogP contribution in [0.4, 0.5) is 4.39 Å². The molecule has 12 heteroatoms. The van der Waals surface area contributed by atoms with Gasteiger partial charge >= 0.3 is 0 Å². The lowest BCUT2D eigenvalue weighted by Gasteiger charge is -2.42. The Kier molecular flexibility index (Phi) is 8.92. The Morgan fingerprint density at radius 3 is 2.35 bits per heavy atom. The van der Waals surface area contributed by atoms with Gasteiger partial charge in [0.2, 0.25) is 5.91 Å². The molecule has 0 radical (unpaired) electrons. The topological polar surface area (TPSA) is 186 Å². The zero-order valence-electron chi connectivity index (χ0n) is 13.9. The van der Waals surface area contributed by atoms with Crippen molar-refractivity contribution in [1.29, 1.82) is 0 Å². The third kappa shape index (κ3) is 5.37. The summed E-state index contributed by atoms with van der Waals surface area (Å²) in [7, 11) is 0. The van der Waals surface area contributed by atoms with E-state index in [2.05, 4.69) is 5.32 Å². The van der Waals surface area contributed by atoms with Crippen LogP contribution in [0.5, 0.6) is 0 Å². The summed E-state index contributed by atoms with van der Waals surface area (Å²) in [5.74, 6) is -0.727. The normalized spacial score (nSPS) is 33.8. The fourth-order valence-corrected chi connectivity index (χ4v) is 2.44. The first kappa shape index (κ1) is 22.8. The number of hydrogen-bond acceptors (Lipinski definition) is 10. The predicted octanol–water partition coefficient (Wildman–Crippen LogP) is -4.43. The molecule has 9 atom stereocenters. The number of alkyl halides is 1. The Balaban J connectivity index is 3.06. The molecule has 1 aliphatic rings. The van der Waals surface area contributed by atoms with Gasteiger partial charge in [0.1, 0.15) is 49.0 Å². The second kappa shape index (κ2) is 10.2. The summed E-state index contributed by atoms with van der Waals surface area (Å²) >= 11 is 0. The molecular formula is C14H24FNO10. The number of halogens is 1. The Morgan fingerprint density at radius 2 is 1.88 bits per heavy atom. The van der Waals surface area contributed by atoms with Gasteiger partial charge in [0.15, 0.2) is 12.5 Å². The molecule has 1 heterocycles. The van der Waals surface area contributed by atoms with E-state index in [-0.39, 0.29) is 6.29 Å². The quantitative estimate of drug-likeness (QED) is 0.191. The highest BCUT2D eigenvalue weighted by atomic mass is 19.1. The molecular weight excluding hydrogens is 361 g/mol. The molecule has 11 nitrogen and oxygen atoms in total. The monoisotopic (exact) mass is 385 g/mol. The van der Waals surface area contributed by atoms with Crippen LogP contribution in [0.15, 0.2) is 0 Å². The second-order valence-corrected chi connectivity index (χ2v) is 5.85. The minimum atomic E-state index is -2.39. The van der Waals surface area contributed by atoms with Crippen LogP contribution < -0.4 is 5.32 Å². The lowest BCUT2D eigenvalue weighted by Crippen LogP contribution is -2.62. The highest BCUT2D eigenvalue weighted by Crippen LogP contribution is 2.25. The van der Waals surface area contributed by atoms with Crippen LogP contribution in [0.25, 0.3) is 0 Å².